The number of sulfonamides is 1. The van der Waals surface area contributed by atoms with Crippen LogP contribution in [0.4, 0.5) is 0 Å². The Balaban J connectivity index is 2.11. The van der Waals surface area contributed by atoms with Crippen LogP contribution >= 0.6 is 0 Å². The molecule has 1 N–H and O–H groups in total. The highest BCUT2D eigenvalue weighted by atomic mass is 32.2. The van der Waals surface area contributed by atoms with Gasteiger partial charge in [-0.05, 0) is 31.2 Å². The molecule has 0 unspecified atom stereocenters. The minimum atomic E-state index is -3.62. The van der Waals surface area contributed by atoms with E-state index in [0.29, 0.717) is 17.0 Å². The van der Waals surface area contributed by atoms with Gasteiger partial charge in [0.25, 0.3) is 0 Å². The Hall–Kier alpha value is -2.17. The summed E-state index contributed by atoms with van der Waals surface area (Å²) in [5, 5.41) is 12.3. The molecule has 2 aromatic rings. The maximum atomic E-state index is 12.0. The predicted octanol–water partition coefficient (Wildman–Crippen LogP) is 1.33. The van der Waals surface area contributed by atoms with Gasteiger partial charge in [-0.1, -0.05) is 5.16 Å². The Morgan fingerprint density at radius 2 is 2.05 bits per heavy atom. The lowest BCUT2D eigenvalue weighted by molar-refractivity contribution is 0.390. The van der Waals surface area contributed by atoms with E-state index in [1.807, 2.05) is 6.07 Å². The molecule has 0 amide bonds. The van der Waals surface area contributed by atoms with Gasteiger partial charge in [-0.2, -0.15) is 5.26 Å². The second-order valence-corrected chi connectivity index (χ2v) is 5.66. The lowest BCUT2D eigenvalue weighted by atomic mass is 10.2. The molecule has 1 heterocycles. The summed E-state index contributed by atoms with van der Waals surface area (Å²) in [6.07, 6.45) is 0. The van der Waals surface area contributed by atoms with Gasteiger partial charge >= 0.3 is 0 Å². The molecule has 0 aliphatic carbocycles. The molecular formula is C12H11N3O3S. The third-order valence-electron chi connectivity index (χ3n) is 2.41. The quantitative estimate of drug-likeness (QED) is 0.909. The minimum Gasteiger partial charge on any atom is -0.361 e. The highest BCUT2D eigenvalue weighted by Crippen LogP contribution is 2.11. The molecule has 0 spiro atoms. The lowest BCUT2D eigenvalue weighted by Crippen LogP contribution is -2.23. The van der Waals surface area contributed by atoms with Crippen molar-refractivity contribution in [2.24, 2.45) is 0 Å². The Morgan fingerprint density at radius 3 is 2.58 bits per heavy atom. The van der Waals surface area contributed by atoms with E-state index in [2.05, 4.69) is 9.88 Å². The summed E-state index contributed by atoms with van der Waals surface area (Å²) >= 11 is 0. The number of nitrogens with zero attached hydrogens (tertiary/aromatic N) is 2. The summed E-state index contributed by atoms with van der Waals surface area (Å²) in [5.74, 6) is 0.618. The highest BCUT2D eigenvalue weighted by molar-refractivity contribution is 7.89. The van der Waals surface area contributed by atoms with Gasteiger partial charge < -0.3 is 4.52 Å². The van der Waals surface area contributed by atoms with E-state index in [4.69, 9.17) is 9.78 Å². The SMILES string of the molecule is Cc1cc(CNS(=O)(=O)c2ccc(C#N)cc2)no1. The maximum absolute atomic E-state index is 12.0. The molecule has 0 aliphatic rings. The van der Waals surface area contributed by atoms with E-state index in [9.17, 15) is 8.42 Å². The van der Waals surface area contributed by atoms with Gasteiger partial charge in [0, 0.05) is 6.07 Å². The highest BCUT2D eigenvalue weighted by Gasteiger charge is 2.14. The summed E-state index contributed by atoms with van der Waals surface area (Å²) in [7, 11) is -3.62. The molecule has 0 saturated heterocycles. The maximum Gasteiger partial charge on any atom is 0.240 e. The number of hydrogen-bond acceptors (Lipinski definition) is 5. The summed E-state index contributed by atoms with van der Waals surface area (Å²) in [4.78, 5) is 0.103. The molecule has 0 atom stereocenters. The van der Waals surface area contributed by atoms with Crippen LogP contribution < -0.4 is 4.72 Å². The Bertz CT molecular complexity index is 711. The van der Waals surface area contributed by atoms with Crippen molar-refractivity contribution in [2.75, 3.05) is 0 Å². The smallest absolute Gasteiger partial charge is 0.240 e. The fraction of sp³-hybridized carbons (Fsp3) is 0.167. The van der Waals surface area contributed by atoms with Gasteiger partial charge in [0.05, 0.1) is 28.8 Å². The number of nitrogens with one attached hydrogen (secondary N) is 1. The largest absolute Gasteiger partial charge is 0.361 e. The summed E-state index contributed by atoms with van der Waals surface area (Å²) in [6.45, 7) is 1.78. The van der Waals surface area contributed by atoms with Gasteiger partial charge in [0.2, 0.25) is 10.0 Å². The van der Waals surface area contributed by atoms with Gasteiger partial charge in [-0.15, -0.1) is 0 Å². The van der Waals surface area contributed by atoms with Crippen LogP contribution in [0, 0.1) is 18.3 Å². The molecule has 2 rings (SSSR count). The molecule has 0 radical (unpaired) electrons. The zero-order valence-corrected chi connectivity index (χ0v) is 10.9. The van der Waals surface area contributed by atoms with Crippen molar-refractivity contribution in [3.05, 3.63) is 47.3 Å². The first-order valence-electron chi connectivity index (χ1n) is 5.43. The van der Waals surface area contributed by atoms with Crippen LogP contribution in [0.2, 0.25) is 0 Å². The molecule has 7 heteroatoms. The number of hydrogen-bond donors (Lipinski definition) is 1. The third-order valence-corrected chi connectivity index (χ3v) is 3.83. The minimum absolute atomic E-state index is 0.0552. The van der Waals surface area contributed by atoms with Crippen molar-refractivity contribution in [1.82, 2.24) is 9.88 Å². The van der Waals surface area contributed by atoms with Crippen molar-refractivity contribution < 1.29 is 12.9 Å². The fourth-order valence-electron chi connectivity index (χ4n) is 1.46. The predicted molar refractivity (Wildman–Crippen MR) is 66.4 cm³/mol. The molecule has 0 saturated carbocycles. The van der Waals surface area contributed by atoms with Crippen molar-refractivity contribution >= 4 is 10.0 Å². The van der Waals surface area contributed by atoms with E-state index in [-0.39, 0.29) is 11.4 Å². The van der Waals surface area contributed by atoms with Gasteiger partial charge in [0.15, 0.2) is 0 Å². The van der Waals surface area contributed by atoms with E-state index >= 15 is 0 Å². The second-order valence-electron chi connectivity index (χ2n) is 3.89. The summed E-state index contributed by atoms with van der Waals surface area (Å²) in [6, 6.07) is 9.26. The molecule has 1 aromatic carbocycles. The van der Waals surface area contributed by atoms with Crippen molar-refractivity contribution in [3.8, 4) is 6.07 Å². The molecule has 6 nitrogen and oxygen atoms in total. The average Bonchev–Trinajstić information content (AvgIpc) is 2.82. The average molecular weight is 277 g/mol. The van der Waals surface area contributed by atoms with Crippen LogP contribution in [0.25, 0.3) is 0 Å². The first kappa shape index (κ1) is 13.3. The standard InChI is InChI=1S/C12H11N3O3S/c1-9-6-11(15-18-9)8-14-19(16,17)12-4-2-10(7-13)3-5-12/h2-6,14H,8H2,1H3. The van der Waals surface area contributed by atoms with Crippen LogP contribution in [-0.2, 0) is 16.6 Å². The van der Waals surface area contributed by atoms with Crippen LogP contribution in [0.5, 0.6) is 0 Å². The molecule has 0 aliphatic heterocycles. The zero-order chi connectivity index (χ0) is 13.9. The van der Waals surface area contributed by atoms with Crippen LogP contribution in [0.3, 0.4) is 0 Å². The summed E-state index contributed by atoms with van der Waals surface area (Å²) < 4.78 is 31.2. The van der Waals surface area contributed by atoms with Crippen molar-refractivity contribution in [1.29, 1.82) is 5.26 Å². The van der Waals surface area contributed by atoms with E-state index in [0.717, 1.165) is 0 Å². The second kappa shape index (κ2) is 5.22. The molecule has 19 heavy (non-hydrogen) atoms. The fourth-order valence-corrected chi connectivity index (χ4v) is 2.46. The molecule has 0 fully saturated rings. The Morgan fingerprint density at radius 1 is 1.37 bits per heavy atom. The molecule has 98 valence electrons. The van der Waals surface area contributed by atoms with Crippen LogP contribution in [-0.4, -0.2) is 13.6 Å². The lowest BCUT2D eigenvalue weighted by Gasteiger charge is -2.04. The normalized spacial score (nSPS) is 11.2. The third kappa shape index (κ3) is 3.19. The first-order valence-corrected chi connectivity index (χ1v) is 6.91. The monoisotopic (exact) mass is 277 g/mol. The van der Waals surface area contributed by atoms with Gasteiger partial charge in [-0.3, -0.25) is 0 Å². The van der Waals surface area contributed by atoms with E-state index < -0.39 is 10.0 Å². The van der Waals surface area contributed by atoms with Crippen LogP contribution in [0.1, 0.15) is 17.0 Å². The molecular weight excluding hydrogens is 266 g/mol. The number of nitriles is 1. The van der Waals surface area contributed by atoms with Gasteiger partial charge in [0.1, 0.15) is 5.76 Å². The number of benzene rings is 1. The molecule has 0 bridgehead atoms. The van der Waals surface area contributed by atoms with Crippen LogP contribution in [0.15, 0.2) is 39.8 Å². The topological polar surface area (TPSA) is 96.0 Å². The van der Waals surface area contributed by atoms with Crippen molar-refractivity contribution in [3.63, 3.8) is 0 Å². The summed E-state index contributed by atoms with van der Waals surface area (Å²) in [5.41, 5.74) is 0.917. The van der Waals surface area contributed by atoms with Gasteiger partial charge in [-0.25, -0.2) is 13.1 Å². The van der Waals surface area contributed by atoms with E-state index in [1.165, 1.54) is 24.3 Å². The zero-order valence-electron chi connectivity index (χ0n) is 10.1. The number of aromatic nitrogens is 1. The Labute approximate surface area is 110 Å². The number of rotatable bonds is 4. The van der Waals surface area contributed by atoms with Crippen molar-refractivity contribution in [2.45, 2.75) is 18.4 Å². The Kier molecular flexibility index (Phi) is 3.64. The van der Waals surface area contributed by atoms with E-state index in [1.54, 1.807) is 13.0 Å². The molecule has 1 aromatic heterocycles. The number of aryl methyl sites for hydroxylation is 1. The first-order chi connectivity index (χ1) is 9.01.